The van der Waals surface area contributed by atoms with Crippen LogP contribution in [0.5, 0.6) is 17.2 Å². The van der Waals surface area contributed by atoms with Crippen LogP contribution >= 0.6 is 11.6 Å². The lowest BCUT2D eigenvalue weighted by molar-refractivity contribution is -0.161. The highest BCUT2D eigenvalue weighted by Gasteiger charge is 2.45. The molecule has 7 aromatic carbocycles. The number of rotatable bonds is 7. The van der Waals surface area contributed by atoms with E-state index < -0.39 is 98.3 Å². The van der Waals surface area contributed by atoms with E-state index in [9.17, 15) is 82.4 Å². The van der Waals surface area contributed by atoms with Gasteiger partial charge in [-0.05, 0) is 113 Å². The fraction of sp³-hybridized carbons (Fsp3) is 0.0426. The number of hydrogen-bond acceptors (Lipinski definition) is 6. The molecule has 0 saturated carbocycles. The number of aromatic hydroxyl groups is 3. The van der Waals surface area contributed by atoms with Gasteiger partial charge in [0.05, 0.1) is 27.9 Å². The highest BCUT2D eigenvalue weighted by atomic mass is 35.5. The van der Waals surface area contributed by atoms with Crippen LogP contribution in [0.3, 0.4) is 0 Å². The van der Waals surface area contributed by atoms with Crippen LogP contribution in [0.1, 0.15) is 42.2 Å². The number of hydrogen-bond donors (Lipinski definition) is 5. The van der Waals surface area contributed by atoms with Gasteiger partial charge >= 0.3 is 18.3 Å². The van der Waals surface area contributed by atoms with E-state index in [1.54, 1.807) is 5.32 Å². The predicted molar refractivity (Wildman–Crippen MR) is 222 cm³/mol. The molecule has 0 aromatic heterocycles. The zero-order valence-corrected chi connectivity index (χ0v) is 34.3. The second-order valence-electron chi connectivity index (χ2n) is 13.8. The number of nitrogens with one attached hydrogen (secondary N) is 1. The summed E-state index contributed by atoms with van der Waals surface area (Å²) in [4.78, 5) is 34.4. The molecule has 0 aliphatic rings. The Labute approximate surface area is 379 Å². The fourth-order valence-corrected chi connectivity index (χ4v) is 6.33. The van der Waals surface area contributed by atoms with Gasteiger partial charge in [-0.3, -0.25) is 9.59 Å². The number of phenols is 3. The average molecular weight is 980 g/mol. The van der Waals surface area contributed by atoms with E-state index in [1.807, 2.05) is 0 Å². The lowest BCUT2D eigenvalue weighted by Gasteiger charge is -2.19. The first-order chi connectivity index (χ1) is 31.8. The molecule has 0 atom stereocenters. The first-order valence-electron chi connectivity index (χ1n) is 18.6. The number of amides is 1. The molecule has 0 radical (unpaired) electrons. The van der Waals surface area contributed by atoms with Crippen LogP contribution in [-0.4, -0.2) is 37.5 Å². The summed E-state index contributed by atoms with van der Waals surface area (Å²) in [5, 5.41) is 38.4. The van der Waals surface area contributed by atoms with E-state index in [4.69, 9.17) is 16.7 Å². The topological polar surface area (TPSA) is 144 Å². The van der Waals surface area contributed by atoms with Crippen molar-refractivity contribution in [3.8, 4) is 50.6 Å². The Balaban J connectivity index is 0.000000205. The summed E-state index contributed by atoms with van der Waals surface area (Å²) >= 11 is 5.28. The maximum atomic E-state index is 14.0. The summed E-state index contributed by atoms with van der Waals surface area (Å²) in [6, 6.07) is 20.7. The Hall–Kier alpha value is -8.00. The number of carboxylic acids is 1. The number of carbonyl (C=O) groups excluding carboxylic acids is 2. The van der Waals surface area contributed by atoms with Crippen LogP contribution < -0.4 is 5.32 Å². The van der Waals surface area contributed by atoms with Crippen molar-refractivity contribution in [1.82, 2.24) is 0 Å². The van der Waals surface area contributed by atoms with Gasteiger partial charge < -0.3 is 25.7 Å². The Morgan fingerprint density at radius 1 is 0.471 bits per heavy atom. The van der Waals surface area contributed by atoms with Gasteiger partial charge in [0.2, 0.25) is 0 Å². The zero-order chi connectivity index (χ0) is 50.4. The minimum Gasteiger partial charge on any atom is -0.507 e. The van der Waals surface area contributed by atoms with E-state index >= 15 is 0 Å². The van der Waals surface area contributed by atoms with Crippen molar-refractivity contribution in [2.75, 3.05) is 5.32 Å². The molecule has 0 bridgehead atoms. The van der Waals surface area contributed by atoms with Crippen LogP contribution in [0, 0.1) is 34.9 Å². The summed E-state index contributed by atoms with van der Waals surface area (Å²) in [6.45, 7) is 0. The number of aromatic carboxylic acids is 1. The van der Waals surface area contributed by atoms with Gasteiger partial charge in [0.1, 0.15) is 57.7 Å². The monoisotopic (exact) mass is 979 g/mol. The highest BCUT2D eigenvalue weighted by molar-refractivity contribution is 6.68. The number of carboxylic acid groups (broad SMARTS) is 1. The Bertz CT molecular complexity index is 2960. The van der Waals surface area contributed by atoms with Gasteiger partial charge in [-0.1, -0.05) is 24.3 Å². The smallest absolute Gasteiger partial charge is 0.419 e. The van der Waals surface area contributed by atoms with Crippen molar-refractivity contribution in [2.24, 2.45) is 0 Å². The van der Waals surface area contributed by atoms with Crippen molar-refractivity contribution in [3.05, 3.63) is 190 Å². The van der Waals surface area contributed by atoms with E-state index in [2.05, 4.69) is 0 Å². The number of benzene rings is 7. The molecule has 7 rings (SSSR count). The molecular weight excluding hydrogens is 954 g/mol. The summed E-state index contributed by atoms with van der Waals surface area (Å²) in [5.74, 6) is -8.98. The van der Waals surface area contributed by atoms with Crippen LogP contribution in [-0.2, 0) is 12.4 Å². The molecule has 7 aromatic rings. The number of anilines is 1. The summed E-state index contributed by atoms with van der Waals surface area (Å²) < 4.78 is 159. The fourth-order valence-electron chi connectivity index (χ4n) is 6.18. The van der Waals surface area contributed by atoms with E-state index in [1.165, 1.54) is 36.4 Å². The molecule has 352 valence electrons. The molecule has 68 heavy (non-hydrogen) atoms. The SMILES string of the molecule is O=C(Cl)c1cc(-c2ccc(F)cc2F)ccc1O.O=C(Nc1cccc(C(F)(F)F)c1C(F)(F)F)c1cc(-c2ccc(F)cc2F)ccc1O.O=C(O)c1cc(-c2ccc(F)cc2F)ccc1O. The van der Waals surface area contributed by atoms with Crippen LogP contribution in [0.15, 0.2) is 127 Å². The highest BCUT2D eigenvalue weighted by Crippen LogP contribution is 2.44. The van der Waals surface area contributed by atoms with Gasteiger partial charge in [-0.15, -0.1) is 0 Å². The molecule has 21 heteroatoms. The van der Waals surface area contributed by atoms with E-state index in [-0.39, 0.29) is 50.8 Å². The van der Waals surface area contributed by atoms with Crippen molar-refractivity contribution in [2.45, 2.75) is 12.4 Å². The van der Waals surface area contributed by atoms with Gasteiger partial charge in [-0.25, -0.2) is 31.1 Å². The molecule has 0 unspecified atom stereocenters. The molecular formula is C47H26ClF12NO7. The minimum atomic E-state index is -5.46. The quantitative estimate of drug-likeness (QED) is 0.0790. The van der Waals surface area contributed by atoms with Gasteiger partial charge in [-0.2, -0.15) is 26.3 Å². The van der Waals surface area contributed by atoms with Gasteiger partial charge in [0.15, 0.2) is 0 Å². The second-order valence-corrected chi connectivity index (χ2v) is 14.2. The Morgan fingerprint density at radius 3 is 1.22 bits per heavy atom. The third-order valence-corrected chi connectivity index (χ3v) is 9.51. The van der Waals surface area contributed by atoms with Gasteiger partial charge in [0.25, 0.3) is 11.1 Å². The summed E-state index contributed by atoms with van der Waals surface area (Å²) in [7, 11) is 0. The lowest BCUT2D eigenvalue weighted by Crippen LogP contribution is -2.21. The zero-order valence-electron chi connectivity index (χ0n) is 33.6. The minimum absolute atomic E-state index is 0.0365. The number of phenolic OH excluding ortho intramolecular Hbond substituents is 2. The van der Waals surface area contributed by atoms with Crippen molar-refractivity contribution < 1.29 is 87.5 Å². The molecule has 0 heterocycles. The molecule has 0 saturated heterocycles. The van der Waals surface area contributed by atoms with E-state index in [0.29, 0.717) is 29.8 Å². The standard InChI is InChI=1S/C21H11F8NO2.C13H7ClF2O2.C13H8F2O3/c22-11-5-6-12(15(23)9-11)10-4-7-17(31)13(8-10)19(32)30-16-3-1-2-14(20(24,25)26)18(16)21(27,28)29;14-13(18)10-5-7(1-4-12(10)17)9-3-2-8(15)6-11(9)16;14-8-2-3-9(11(15)6-8)7-1-4-12(16)10(5-7)13(17)18/h1-9,31H,(H,30,32);1-6,17H;1-6,16H,(H,17,18). The molecule has 1 amide bonds. The molecule has 8 nitrogen and oxygen atoms in total. The average Bonchev–Trinajstić information content (AvgIpc) is 3.24. The first kappa shape index (κ1) is 51.0. The first-order valence-corrected chi connectivity index (χ1v) is 19.0. The maximum absolute atomic E-state index is 14.0. The third-order valence-electron chi connectivity index (χ3n) is 9.30. The Kier molecular flexibility index (Phi) is 15.5. The normalized spacial score (nSPS) is 11.1. The van der Waals surface area contributed by atoms with Crippen molar-refractivity contribution in [1.29, 1.82) is 0 Å². The summed E-state index contributed by atoms with van der Waals surface area (Å²) in [5.41, 5.74) is -5.86. The van der Waals surface area contributed by atoms with Crippen molar-refractivity contribution >= 4 is 34.4 Å². The molecule has 0 aliphatic carbocycles. The molecule has 5 N–H and O–H groups in total. The molecule has 0 aliphatic heterocycles. The number of alkyl halides is 6. The number of carbonyl (C=O) groups is 3. The van der Waals surface area contributed by atoms with Crippen LogP contribution in [0.25, 0.3) is 33.4 Å². The van der Waals surface area contributed by atoms with Crippen molar-refractivity contribution in [3.63, 3.8) is 0 Å². The van der Waals surface area contributed by atoms with E-state index in [0.717, 1.165) is 60.7 Å². The van der Waals surface area contributed by atoms with Crippen LogP contribution in [0.2, 0.25) is 0 Å². The van der Waals surface area contributed by atoms with Gasteiger partial charge in [0, 0.05) is 34.9 Å². The molecule has 0 fully saturated rings. The third kappa shape index (κ3) is 12.3. The van der Waals surface area contributed by atoms with Crippen LogP contribution in [0.4, 0.5) is 58.4 Å². The maximum Gasteiger partial charge on any atom is 0.419 e. The second kappa shape index (κ2) is 20.7. The lowest BCUT2D eigenvalue weighted by atomic mass is 10.0. The molecule has 0 spiro atoms. The largest absolute Gasteiger partial charge is 0.507 e. The summed E-state index contributed by atoms with van der Waals surface area (Å²) in [6.07, 6.45) is -10.8. The Morgan fingerprint density at radius 2 is 0.853 bits per heavy atom. The predicted octanol–water partition coefficient (Wildman–Crippen LogP) is 13.4. The number of halogens is 13.